The lowest BCUT2D eigenvalue weighted by Gasteiger charge is -2.07. The van der Waals surface area contributed by atoms with E-state index in [1.165, 1.54) is 18.4 Å². The highest BCUT2D eigenvalue weighted by Crippen LogP contribution is 2.35. The van der Waals surface area contributed by atoms with E-state index in [4.69, 9.17) is 13.9 Å². The number of carbonyl (C=O) groups excluding carboxylic acids is 1. The van der Waals surface area contributed by atoms with E-state index in [0.29, 0.717) is 16.5 Å². The Balaban J connectivity index is 2.08. The quantitative estimate of drug-likeness (QED) is 0.791. The van der Waals surface area contributed by atoms with Gasteiger partial charge in [-0.25, -0.2) is 4.79 Å². The molecule has 2 aromatic rings. The van der Waals surface area contributed by atoms with Crippen LogP contribution in [0.3, 0.4) is 0 Å². The van der Waals surface area contributed by atoms with Crippen molar-refractivity contribution in [3.63, 3.8) is 0 Å². The minimum atomic E-state index is -0.597. The minimum absolute atomic E-state index is 0.272. The molecule has 8 heteroatoms. The number of methoxy groups -OCH3 is 1. The fourth-order valence-corrected chi connectivity index (χ4v) is 2.87. The third kappa shape index (κ3) is 3.13. The van der Waals surface area contributed by atoms with E-state index in [0.717, 1.165) is 3.79 Å². The molecule has 2 heterocycles. The average molecular weight is 347 g/mol. The lowest BCUT2D eigenvalue weighted by Crippen LogP contribution is -2.08. The van der Waals surface area contributed by atoms with Gasteiger partial charge in [-0.2, -0.15) is 0 Å². The Kier molecular flexibility index (Phi) is 4.20. The molecule has 0 fully saturated rings. The first-order valence-corrected chi connectivity index (χ1v) is 6.96. The van der Waals surface area contributed by atoms with Crippen LogP contribution in [0.1, 0.15) is 34.5 Å². The highest BCUT2D eigenvalue weighted by atomic mass is 79.9. The van der Waals surface area contributed by atoms with Gasteiger partial charge >= 0.3 is 5.97 Å². The van der Waals surface area contributed by atoms with Crippen molar-refractivity contribution < 1.29 is 18.7 Å². The van der Waals surface area contributed by atoms with E-state index in [1.807, 2.05) is 0 Å². The first-order chi connectivity index (χ1) is 9.01. The fraction of sp³-hybridized carbons (Fsp3) is 0.364. The maximum Gasteiger partial charge on any atom is 0.349 e. The summed E-state index contributed by atoms with van der Waals surface area (Å²) in [7, 11) is 1.53. The van der Waals surface area contributed by atoms with E-state index in [1.54, 1.807) is 19.9 Å². The van der Waals surface area contributed by atoms with Crippen molar-refractivity contribution in [2.45, 2.75) is 20.0 Å². The average Bonchev–Trinajstić information content (AvgIpc) is 2.95. The molecular formula is C11H11BrN2O4S. The number of aromatic nitrogens is 2. The minimum Gasteiger partial charge on any atom is -0.495 e. The van der Waals surface area contributed by atoms with Crippen molar-refractivity contribution >= 4 is 33.2 Å². The lowest BCUT2D eigenvalue weighted by atomic mass is 10.4. The molecule has 0 unspecified atom stereocenters. The predicted molar refractivity (Wildman–Crippen MR) is 71.4 cm³/mol. The van der Waals surface area contributed by atoms with Crippen LogP contribution in [0.2, 0.25) is 0 Å². The molecule has 19 heavy (non-hydrogen) atoms. The molecular weight excluding hydrogens is 336 g/mol. The van der Waals surface area contributed by atoms with Gasteiger partial charge in [-0.3, -0.25) is 0 Å². The van der Waals surface area contributed by atoms with Crippen LogP contribution >= 0.6 is 27.3 Å². The van der Waals surface area contributed by atoms with Crippen LogP contribution < -0.4 is 4.74 Å². The van der Waals surface area contributed by atoms with Crippen molar-refractivity contribution in [3.8, 4) is 5.75 Å². The van der Waals surface area contributed by atoms with Crippen molar-refractivity contribution in [2.75, 3.05) is 7.11 Å². The second-order valence-electron chi connectivity index (χ2n) is 3.66. The van der Waals surface area contributed by atoms with Crippen LogP contribution in [-0.2, 0) is 4.74 Å². The molecule has 0 aliphatic carbocycles. The van der Waals surface area contributed by atoms with Crippen LogP contribution in [0.15, 0.2) is 14.3 Å². The van der Waals surface area contributed by atoms with Crippen LogP contribution in [0.5, 0.6) is 5.75 Å². The number of ether oxygens (including phenoxy) is 2. The van der Waals surface area contributed by atoms with Crippen molar-refractivity contribution in [2.24, 2.45) is 0 Å². The van der Waals surface area contributed by atoms with Gasteiger partial charge in [0.15, 0.2) is 6.10 Å². The summed E-state index contributed by atoms with van der Waals surface area (Å²) in [6.07, 6.45) is -0.597. The fourth-order valence-electron chi connectivity index (χ4n) is 1.34. The van der Waals surface area contributed by atoms with Gasteiger partial charge in [0.25, 0.3) is 5.89 Å². The Morgan fingerprint density at radius 1 is 1.53 bits per heavy atom. The molecule has 0 spiro atoms. The normalized spacial score (nSPS) is 12.2. The molecule has 0 amide bonds. The van der Waals surface area contributed by atoms with Crippen LogP contribution in [0.25, 0.3) is 0 Å². The van der Waals surface area contributed by atoms with E-state index in [2.05, 4.69) is 26.1 Å². The zero-order valence-electron chi connectivity index (χ0n) is 10.5. The zero-order valence-corrected chi connectivity index (χ0v) is 12.9. The van der Waals surface area contributed by atoms with E-state index >= 15 is 0 Å². The number of esters is 1. The summed E-state index contributed by atoms with van der Waals surface area (Å²) in [5.74, 6) is 0.836. The maximum absolute atomic E-state index is 11.9. The van der Waals surface area contributed by atoms with Crippen LogP contribution in [0.4, 0.5) is 0 Å². The van der Waals surface area contributed by atoms with Crippen molar-refractivity contribution in [3.05, 3.63) is 26.5 Å². The Hall–Kier alpha value is -1.41. The van der Waals surface area contributed by atoms with E-state index in [9.17, 15) is 4.79 Å². The summed E-state index contributed by atoms with van der Waals surface area (Å²) < 4.78 is 16.3. The van der Waals surface area contributed by atoms with E-state index < -0.39 is 12.1 Å². The molecule has 0 aromatic carbocycles. The van der Waals surface area contributed by atoms with Crippen molar-refractivity contribution in [1.29, 1.82) is 0 Å². The molecule has 0 aliphatic rings. The van der Waals surface area contributed by atoms with E-state index in [-0.39, 0.29) is 5.89 Å². The number of rotatable bonds is 4. The number of hydrogen-bond acceptors (Lipinski definition) is 7. The first-order valence-electron chi connectivity index (χ1n) is 5.35. The van der Waals surface area contributed by atoms with Gasteiger partial charge in [0.1, 0.15) is 14.4 Å². The molecule has 0 saturated heterocycles. The summed E-state index contributed by atoms with van der Waals surface area (Å²) >= 11 is 4.54. The second-order valence-corrected chi connectivity index (χ2v) is 6.03. The molecule has 6 nitrogen and oxygen atoms in total. The van der Waals surface area contributed by atoms with Gasteiger partial charge in [-0.1, -0.05) is 0 Å². The molecule has 0 N–H and O–H groups in total. The van der Waals surface area contributed by atoms with Gasteiger partial charge in [0.05, 0.1) is 7.11 Å². The van der Waals surface area contributed by atoms with Gasteiger partial charge in [-0.05, 0) is 22.9 Å². The number of hydrogen-bond donors (Lipinski definition) is 0. The summed E-state index contributed by atoms with van der Waals surface area (Å²) in [5.41, 5.74) is 0. The van der Waals surface area contributed by atoms with Gasteiger partial charge < -0.3 is 13.9 Å². The number of carbonyl (C=O) groups is 1. The number of nitrogens with zero attached hydrogens (tertiary/aromatic N) is 2. The largest absolute Gasteiger partial charge is 0.495 e. The molecule has 1 atom stereocenters. The molecule has 0 bridgehead atoms. The summed E-state index contributed by atoms with van der Waals surface area (Å²) in [5, 5.41) is 7.49. The number of halogens is 1. The molecule has 2 rings (SSSR count). The highest BCUT2D eigenvalue weighted by Gasteiger charge is 2.21. The third-order valence-corrected chi connectivity index (χ3v) is 4.01. The molecule has 0 saturated carbocycles. The molecule has 2 aromatic heterocycles. The van der Waals surface area contributed by atoms with Gasteiger partial charge in [-0.15, -0.1) is 21.5 Å². The monoisotopic (exact) mass is 346 g/mol. The highest BCUT2D eigenvalue weighted by molar-refractivity contribution is 9.11. The number of aryl methyl sites for hydroxylation is 1. The molecule has 102 valence electrons. The summed E-state index contributed by atoms with van der Waals surface area (Å²) in [4.78, 5) is 12.4. The van der Waals surface area contributed by atoms with Gasteiger partial charge in [0.2, 0.25) is 5.89 Å². The van der Waals surface area contributed by atoms with Crippen LogP contribution in [0, 0.1) is 6.92 Å². The number of thiophene rings is 1. The summed E-state index contributed by atoms with van der Waals surface area (Å²) in [6, 6.07) is 1.61. The van der Waals surface area contributed by atoms with Crippen LogP contribution in [-0.4, -0.2) is 23.3 Å². The SMILES string of the molecule is COc1cc(C(=O)O[C@@H](C)c2nnc(C)o2)sc1Br. The second kappa shape index (κ2) is 5.70. The Labute approximate surface area is 121 Å². The molecule has 0 radical (unpaired) electrons. The molecule has 0 aliphatic heterocycles. The first kappa shape index (κ1) is 14.0. The Bertz CT molecular complexity index is 595. The predicted octanol–water partition coefficient (Wildman–Crippen LogP) is 3.13. The van der Waals surface area contributed by atoms with Gasteiger partial charge in [0, 0.05) is 13.0 Å². The third-order valence-electron chi connectivity index (χ3n) is 2.25. The maximum atomic E-state index is 11.9. The topological polar surface area (TPSA) is 74.5 Å². The zero-order chi connectivity index (χ0) is 14.0. The lowest BCUT2D eigenvalue weighted by molar-refractivity contribution is 0.0282. The Morgan fingerprint density at radius 3 is 2.79 bits per heavy atom. The van der Waals surface area contributed by atoms with Crippen molar-refractivity contribution in [1.82, 2.24) is 10.2 Å². The Morgan fingerprint density at radius 2 is 2.26 bits per heavy atom. The standard InChI is InChI=1S/C11H11BrN2O4S/c1-5(10-14-13-6(2)18-10)17-11(15)8-4-7(16-3)9(12)19-8/h4-5H,1-3H3/t5-/m0/s1. The smallest absolute Gasteiger partial charge is 0.349 e. The summed E-state index contributed by atoms with van der Waals surface area (Å²) in [6.45, 7) is 3.34.